The first-order chi connectivity index (χ1) is 8.54. The second kappa shape index (κ2) is 4.93. The number of benzene rings is 1. The van der Waals surface area contributed by atoms with Gasteiger partial charge in [0.15, 0.2) is 5.84 Å². The average molecular weight is 298 g/mol. The van der Waals surface area contributed by atoms with E-state index in [0.29, 0.717) is 6.07 Å². The molecule has 0 fully saturated rings. The minimum atomic E-state index is -4.82. The summed E-state index contributed by atoms with van der Waals surface area (Å²) >= 11 is 0. The van der Waals surface area contributed by atoms with Gasteiger partial charge in [-0.3, -0.25) is 4.72 Å². The SMILES string of the molecule is N/C(=N/O)c1ccc(NS(N)(=O)=O)cc1C(F)(F)F. The standard InChI is InChI=1S/C8H9F3N4O3S/c9-8(10,11)6-3-4(15-19(13,17)18)1-2-5(6)7(12)14-16/h1-3,15-16H,(H2,12,14)(H2,13,17,18). The van der Waals surface area contributed by atoms with Crippen molar-refractivity contribution in [3.05, 3.63) is 29.3 Å². The van der Waals surface area contributed by atoms with Crippen LogP contribution in [-0.2, 0) is 16.4 Å². The van der Waals surface area contributed by atoms with Gasteiger partial charge >= 0.3 is 6.18 Å². The third-order valence-corrected chi connectivity index (χ3v) is 2.49. The molecule has 11 heteroatoms. The first-order valence-corrected chi connectivity index (χ1v) is 6.09. The van der Waals surface area contributed by atoms with E-state index in [9.17, 15) is 21.6 Å². The van der Waals surface area contributed by atoms with Crippen LogP contribution < -0.4 is 15.6 Å². The number of nitrogens with zero attached hydrogens (tertiary/aromatic N) is 1. The maximum absolute atomic E-state index is 12.8. The van der Waals surface area contributed by atoms with E-state index in [1.165, 1.54) is 0 Å². The third-order valence-electron chi connectivity index (χ3n) is 1.97. The molecule has 1 aromatic carbocycles. The topological polar surface area (TPSA) is 131 Å². The van der Waals surface area contributed by atoms with Crippen LogP contribution in [0.1, 0.15) is 11.1 Å². The van der Waals surface area contributed by atoms with Gasteiger partial charge in [-0.05, 0) is 18.2 Å². The zero-order chi connectivity index (χ0) is 14.8. The number of alkyl halides is 3. The van der Waals surface area contributed by atoms with E-state index in [-0.39, 0.29) is 0 Å². The fourth-order valence-corrected chi connectivity index (χ4v) is 1.74. The lowest BCUT2D eigenvalue weighted by atomic mass is 10.1. The predicted molar refractivity (Wildman–Crippen MR) is 60.7 cm³/mol. The molecule has 1 aromatic rings. The number of oxime groups is 1. The van der Waals surface area contributed by atoms with Gasteiger partial charge in [0.05, 0.1) is 11.3 Å². The fourth-order valence-electron chi connectivity index (χ4n) is 1.28. The summed E-state index contributed by atoms with van der Waals surface area (Å²) in [5.41, 5.74) is 2.85. The van der Waals surface area contributed by atoms with E-state index < -0.39 is 39.0 Å². The molecular formula is C8H9F3N4O3S. The van der Waals surface area contributed by atoms with E-state index in [4.69, 9.17) is 10.9 Å². The summed E-state index contributed by atoms with van der Waals surface area (Å²) in [5.74, 6) is -0.755. The van der Waals surface area contributed by atoms with E-state index >= 15 is 0 Å². The first-order valence-electron chi connectivity index (χ1n) is 4.54. The van der Waals surface area contributed by atoms with Crippen LogP contribution in [0.4, 0.5) is 18.9 Å². The van der Waals surface area contributed by atoms with Crippen LogP contribution >= 0.6 is 0 Å². The van der Waals surface area contributed by atoms with Crippen molar-refractivity contribution in [3.63, 3.8) is 0 Å². The van der Waals surface area contributed by atoms with Gasteiger partial charge in [0.1, 0.15) is 0 Å². The molecule has 0 aliphatic heterocycles. The van der Waals surface area contributed by atoms with Gasteiger partial charge in [-0.15, -0.1) is 0 Å². The maximum Gasteiger partial charge on any atom is 0.417 e. The molecule has 0 atom stereocenters. The Morgan fingerprint density at radius 2 is 1.95 bits per heavy atom. The summed E-state index contributed by atoms with van der Waals surface area (Å²) in [5, 5.41) is 15.5. The quantitative estimate of drug-likeness (QED) is 0.278. The van der Waals surface area contributed by atoms with E-state index in [2.05, 4.69) is 10.3 Å². The van der Waals surface area contributed by atoms with Crippen LogP contribution in [0.5, 0.6) is 0 Å². The normalized spacial score (nSPS) is 13.4. The van der Waals surface area contributed by atoms with Crippen LogP contribution in [0.15, 0.2) is 23.4 Å². The van der Waals surface area contributed by atoms with Crippen molar-refractivity contribution in [2.45, 2.75) is 6.18 Å². The summed E-state index contributed by atoms with van der Waals surface area (Å²) in [7, 11) is -4.21. The molecule has 0 heterocycles. The maximum atomic E-state index is 12.8. The Morgan fingerprint density at radius 3 is 2.37 bits per heavy atom. The van der Waals surface area contributed by atoms with Crippen molar-refractivity contribution in [2.24, 2.45) is 16.0 Å². The molecule has 0 radical (unpaired) electrons. The molecular weight excluding hydrogens is 289 g/mol. The van der Waals surface area contributed by atoms with Crippen molar-refractivity contribution in [3.8, 4) is 0 Å². The minimum Gasteiger partial charge on any atom is -0.409 e. The molecule has 0 saturated heterocycles. The average Bonchev–Trinajstić information content (AvgIpc) is 2.24. The minimum absolute atomic E-state index is 0.399. The second-order valence-electron chi connectivity index (χ2n) is 3.39. The molecule has 0 saturated carbocycles. The van der Waals surface area contributed by atoms with Gasteiger partial charge in [0.2, 0.25) is 0 Å². The van der Waals surface area contributed by atoms with Crippen molar-refractivity contribution < 1.29 is 26.8 Å². The Kier molecular flexibility index (Phi) is 3.91. The Hall–Kier alpha value is -2.01. The molecule has 106 valence electrons. The molecule has 0 aromatic heterocycles. The van der Waals surface area contributed by atoms with Crippen molar-refractivity contribution >= 4 is 21.7 Å². The van der Waals surface area contributed by atoms with Gasteiger partial charge < -0.3 is 10.9 Å². The van der Waals surface area contributed by atoms with Crippen LogP contribution in [-0.4, -0.2) is 19.5 Å². The van der Waals surface area contributed by atoms with Gasteiger partial charge in [0.25, 0.3) is 10.2 Å². The Morgan fingerprint density at radius 1 is 1.37 bits per heavy atom. The largest absolute Gasteiger partial charge is 0.417 e. The zero-order valence-electron chi connectivity index (χ0n) is 9.14. The smallest absolute Gasteiger partial charge is 0.409 e. The molecule has 0 aliphatic carbocycles. The number of nitrogens with two attached hydrogens (primary N) is 2. The van der Waals surface area contributed by atoms with Crippen LogP contribution in [0.3, 0.4) is 0 Å². The van der Waals surface area contributed by atoms with Crippen LogP contribution in [0, 0.1) is 0 Å². The summed E-state index contributed by atoms with van der Waals surface area (Å²) in [6.07, 6.45) is -4.82. The van der Waals surface area contributed by atoms with Crippen LogP contribution in [0.2, 0.25) is 0 Å². The van der Waals surface area contributed by atoms with Crippen molar-refractivity contribution in [1.82, 2.24) is 0 Å². The lowest BCUT2D eigenvalue weighted by Gasteiger charge is -2.13. The number of hydrogen-bond donors (Lipinski definition) is 4. The van der Waals surface area contributed by atoms with E-state index in [0.717, 1.165) is 12.1 Å². The number of anilines is 1. The summed E-state index contributed by atoms with van der Waals surface area (Å²) in [6.45, 7) is 0. The molecule has 0 amide bonds. The van der Waals surface area contributed by atoms with Gasteiger partial charge in [-0.25, -0.2) is 5.14 Å². The van der Waals surface area contributed by atoms with E-state index in [1.807, 2.05) is 0 Å². The Labute approximate surface area is 105 Å². The summed E-state index contributed by atoms with van der Waals surface area (Å²) in [4.78, 5) is 0. The fraction of sp³-hybridized carbons (Fsp3) is 0.125. The molecule has 0 spiro atoms. The zero-order valence-corrected chi connectivity index (χ0v) is 9.96. The number of nitrogens with one attached hydrogen (secondary N) is 1. The van der Waals surface area contributed by atoms with Crippen molar-refractivity contribution in [1.29, 1.82) is 0 Å². The Balaban J connectivity index is 3.40. The monoisotopic (exact) mass is 298 g/mol. The second-order valence-corrected chi connectivity index (χ2v) is 4.68. The first kappa shape index (κ1) is 15.0. The number of amidine groups is 1. The highest BCUT2D eigenvalue weighted by Gasteiger charge is 2.34. The molecule has 0 unspecified atom stereocenters. The molecule has 0 bridgehead atoms. The molecule has 1 rings (SSSR count). The molecule has 0 aliphatic rings. The van der Waals surface area contributed by atoms with Gasteiger partial charge in [0, 0.05) is 5.56 Å². The summed E-state index contributed by atoms with van der Waals surface area (Å²) < 4.78 is 61.4. The van der Waals surface area contributed by atoms with Gasteiger partial charge in [-0.1, -0.05) is 5.16 Å². The lowest BCUT2D eigenvalue weighted by molar-refractivity contribution is -0.137. The van der Waals surface area contributed by atoms with Crippen LogP contribution in [0.25, 0.3) is 0 Å². The molecule has 6 N–H and O–H groups in total. The highest BCUT2D eigenvalue weighted by atomic mass is 32.2. The van der Waals surface area contributed by atoms with Gasteiger partial charge in [-0.2, -0.15) is 21.6 Å². The molecule has 19 heavy (non-hydrogen) atoms. The van der Waals surface area contributed by atoms with E-state index in [1.54, 1.807) is 4.72 Å². The number of halogens is 3. The highest BCUT2D eigenvalue weighted by molar-refractivity contribution is 7.90. The predicted octanol–water partition coefficient (Wildman–Crippen LogP) is 0.415. The number of hydrogen-bond acceptors (Lipinski definition) is 4. The lowest BCUT2D eigenvalue weighted by Crippen LogP contribution is -2.23. The third kappa shape index (κ3) is 3.99. The number of rotatable bonds is 3. The highest BCUT2D eigenvalue weighted by Crippen LogP contribution is 2.33. The molecule has 7 nitrogen and oxygen atoms in total. The van der Waals surface area contributed by atoms with Crippen molar-refractivity contribution in [2.75, 3.05) is 4.72 Å². The Bertz CT molecular complexity index is 612. The summed E-state index contributed by atoms with van der Waals surface area (Å²) in [6, 6.07) is 2.33.